The second kappa shape index (κ2) is 6.39. The highest BCUT2D eigenvalue weighted by Crippen LogP contribution is 2.34. The van der Waals surface area contributed by atoms with Crippen molar-refractivity contribution in [2.24, 2.45) is 5.92 Å². The van der Waals surface area contributed by atoms with Crippen LogP contribution in [0.1, 0.15) is 23.2 Å². The first-order valence-electron chi connectivity index (χ1n) is 7.36. The number of carbonyl (C=O) groups excluding carboxylic acids is 1. The second-order valence-electron chi connectivity index (χ2n) is 5.60. The molecule has 2 heterocycles. The van der Waals surface area contributed by atoms with E-state index in [-0.39, 0.29) is 36.7 Å². The Labute approximate surface area is 140 Å². The minimum atomic E-state index is -4.19. The van der Waals surface area contributed by atoms with Gasteiger partial charge in [-0.05, 0) is 49.3 Å². The summed E-state index contributed by atoms with van der Waals surface area (Å²) in [6.07, 6.45) is -4.30. The molecule has 1 saturated heterocycles. The van der Waals surface area contributed by atoms with Crippen molar-refractivity contribution >= 4 is 18.1 Å². The molecule has 1 aromatic carbocycles. The molecule has 128 valence electrons. The molecule has 9 heteroatoms. The van der Waals surface area contributed by atoms with E-state index in [2.05, 4.69) is 10.2 Å². The number of rotatable bonds is 2. The number of aromatic amines is 1. The molecule has 0 spiro atoms. The lowest BCUT2D eigenvalue weighted by Gasteiger charge is -2.33. The molecule has 1 aliphatic heterocycles. The van der Waals surface area contributed by atoms with Gasteiger partial charge in [-0.3, -0.25) is 4.79 Å². The minimum absolute atomic E-state index is 0.0545. The lowest BCUT2D eigenvalue weighted by molar-refractivity contribution is -0.183. The van der Waals surface area contributed by atoms with Gasteiger partial charge in [0.25, 0.3) is 10.7 Å². The van der Waals surface area contributed by atoms with Crippen LogP contribution in [0.4, 0.5) is 13.2 Å². The van der Waals surface area contributed by atoms with Crippen LogP contribution in [-0.4, -0.2) is 40.3 Å². The number of carbonyl (C=O) groups is 1. The maximum atomic E-state index is 12.7. The molecule has 0 unspecified atom stereocenters. The van der Waals surface area contributed by atoms with Crippen molar-refractivity contribution < 1.29 is 22.4 Å². The third kappa shape index (κ3) is 3.50. The van der Waals surface area contributed by atoms with Gasteiger partial charge in [0, 0.05) is 24.2 Å². The molecule has 0 aliphatic carbocycles. The Morgan fingerprint density at radius 1 is 1.25 bits per heavy atom. The Balaban J connectivity index is 1.67. The van der Waals surface area contributed by atoms with Crippen LogP contribution in [0.25, 0.3) is 11.5 Å². The van der Waals surface area contributed by atoms with E-state index in [1.807, 2.05) is 0 Å². The number of aromatic nitrogens is 2. The van der Waals surface area contributed by atoms with Gasteiger partial charge in [0.2, 0.25) is 5.89 Å². The summed E-state index contributed by atoms with van der Waals surface area (Å²) in [5.74, 6) is -1.28. The maximum absolute atomic E-state index is 12.7. The van der Waals surface area contributed by atoms with Crippen molar-refractivity contribution in [3.63, 3.8) is 0 Å². The molecular formula is C15H14F3N3O2S. The first-order valence-corrected chi connectivity index (χ1v) is 7.77. The normalized spacial score (nSPS) is 16.4. The first kappa shape index (κ1) is 16.7. The number of piperidine rings is 1. The molecule has 3 rings (SSSR count). The highest BCUT2D eigenvalue weighted by atomic mass is 32.1. The Kier molecular flexibility index (Phi) is 4.44. The van der Waals surface area contributed by atoms with E-state index in [0.29, 0.717) is 17.0 Å². The van der Waals surface area contributed by atoms with E-state index in [9.17, 15) is 18.0 Å². The average Bonchev–Trinajstić information content (AvgIpc) is 3.00. The van der Waals surface area contributed by atoms with Crippen LogP contribution in [0, 0.1) is 10.8 Å². The van der Waals surface area contributed by atoms with E-state index < -0.39 is 12.1 Å². The van der Waals surface area contributed by atoms with Gasteiger partial charge in [0.1, 0.15) is 0 Å². The third-order valence-electron chi connectivity index (χ3n) is 4.06. The van der Waals surface area contributed by atoms with Gasteiger partial charge in [-0.25, -0.2) is 5.10 Å². The van der Waals surface area contributed by atoms with Crippen molar-refractivity contribution in [3.8, 4) is 11.5 Å². The van der Waals surface area contributed by atoms with Crippen LogP contribution in [0.5, 0.6) is 0 Å². The van der Waals surface area contributed by atoms with Gasteiger partial charge in [0.05, 0.1) is 5.92 Å². The van der Waals surface area contributed by atoms with Crippen molar-refractivity contribution in [1.29, 1.82) is 0 Å². The zero-order chi connectivity index (χ0) is 17.3. The molecule has 1 aliphatic rings. The number of likely N-dealkylation sites (tertiary alicyclic amines) is 1. The molecule has 1 amide bonds. The summed E-state index contributed by atoms with van der Waals surface area (Å²) in [4.78, 5) is 14.0. The SMILES string of the molecule is O=C(c1ccc(-c2n[nH]c(=S)o2)cc1)N1CCC(C(F)(F)F)CC1. The number of nitrogens with zero attached hydrogens (tertiary/aromatic N) is 2. The topological polar surface area (TPSA) is 62.1 Å². The van der Waals surface area contributed by atoms with E-state index >= 15 is 0 Å². The third-order valence-corrected chi connectivity index (χ3v) is 4.24. The Morgan fingerprint density at radius 3 is 2.38 bits per heavy atom. The number of alkyl halides is 3. The number of halogens is 3. The Hall–Kier alpha value is -2.16. The van der Waals surface area contributed by atoms with Gasteiger partial charge >= 0.3 is 6.18 Å². The van der Waals surface area contributed by atoms with Gasteiger partial charge in [-0.2, -0.15) is 13.2 Å². The number of nitrogens with one attached hydrogen (secondary N) is 1. The fraction of sp³-hybridized carbons (Fsp3) is 0.400. The predicted molar refractivity (Wildman–Crippen MR) is 81.8 cm³/mol. The van der Waals surface area contributed by atoms with Crippen molar-refractivity contribution in [2.75, 3.05) is 13.1 Å². The summed E-state index contributed by atoms with van der Waals surface area (Å²) in [6.45, 7) is 0.220. The maximum Gasteiger partial charge on any atom is 0.391 e. The monoisotopic (exact) mass is 357 g/mol. The number of H-pyrrole nitrogens is 1. The molecule has 0 saturated carbocycles. The van der Waals surface area contributed by atoms with Crippen LogP contribution < -0.4 is 0 Å². The first-order chi connectivity index (χ1) is 11.3. The lowest BCUT2D eigenvalue weighted by Crippen LogP contribution is -2.42. The fourth-order valence-electron chi connectivity index (χ4n) is 2.70. The Bertz CT molecular complexity index is 774. The van der Waals surface area contributed by atoms with E-state index in [0.717, 1.165) is 0 Å². The number of benzene rings is 1. The van der Waals surface area contributed by atoms with Crippen LogP contribution in [0.15, 0.2) is 28.7 Å². The fourth-order valence-corrected chi connectivity index (χ4v) is 2.83. The molecule has 1 fully saturated rings. The number of amides is 1. The summed E-state index contributed by atoms with van der Waals surface area (Å²) >= 11 is 4.80. The summed E-state index contributed by atoms with van der Waals surface area (Å²) in [5.41, 5.74) is 1.06. The molecular weight excluding hydrogens is 343 g/mol. The van der Waals surface area contributed by atoms with Gasteiger partial charge in [0.15, 0.2) is 0 Å². The molecule has 5 nitrogen and oxygen atoms in total. The molecule has 0 radical (unpaired) electrons. The zero-order valence-corrected chi connectivity index (χ0v) is 13.3. The average molecular weight is 357 g/mol. The van der Waals surface area contributed by atoms with Crippen LogP contribution >= 0.6 is 12.2 Å². The van der Waals surface area contributed by atoms with Crippen LogP contribution in [0.3, 0.4) is 0 Å². The number of hydrogen-bond donors (Lipinski definition) is 1. The van der Waals surface area contributed by atoms with Gasteiger partial charge < -0.3 is 9.32 Å². The summed E-state index contributed by atoms with van der Waals surface area (Å²) in [7, 11) is 0. The van der Waals surface area contributed by atoms with Crippen LogP contribution in [-0.2, 0) is 0 Å². The van der Waals surface area contributed by atoms with Gasteiger partial charge in [-0.1, -0.05) is 0 Å². The lowest BCUT2D eigenvalue weighted by atomic mass is 9.96. The molecule has 24 heavy (non-hydrogen) atoms. The summed E-state index contributed by atoms with van der Waals surface area (Å²) < 4.78 is 43.2. The van der Waals surface area contributed by atoms with Crippen molar-refractivity contribution in [1.82, 2.24) is 15.1 Å². The van der Waals surface area contributed by atoms with Crippen LogP contribution in [0.2, 0.25) is 0 Å². The molecule has 1 aromatic heterocycles. The largest absolute Gasteiger partial charge is 0.409 e. The van der Waals surface area contributed by atoms with Crippen molar-refractivity contribution in [3.05, 3.63) is 34.7 Å². The highest BCUT2D eigenvalue weighted by Gasteiger charge is 2.41. The van der Waals surface area contributed by atoms with E-state index in [4.69, 9.17) is 16.6 Å². The van der Waals surface area contributed by atoms with E-state index in [1.54, 1.807) is 24.3 Å². The van der Waals surface area contributed by atoms with Gasteiger partial charge in [-0.15, -0.1) is 5.10 Å². The quantitative estimate of drug-likeness (QED) is 0.830. The second-order valence-corrected chi connectivity index (χ2v) is 5.97. The zero-order valence-electron chi connectivity index (χ0n) is 12.5. The smallest absolute Gasteiger partial charge is 0.391 e. The predicted octanol–water partition coefficient (Wildman–Crippen LogP) is 3.81. The number of hydrogen-bond acceptors (Lipinski definition) is 4. The molecule has 2 aromatic rings. The molecule has 0 atom stereocenters. The Morgan fingerprint density at radius 2 is 1.88 bits per heavy atom. The summed E-state index contributed by atoms with van der Waals surface area (Å²) in [6, 6.07) is 6.51. The van der Waals surface area contributed by atoms with E-state index in [1.165, 1.54) is 4.90 Å². The minimum Gasteiger partial charge on any atom is -0.409 e. The summed E-state index contributed by atoms with van der Waals surface area (Å²) in [5, 5.41) is 6.39. The highest BCUT2D eigenvalue weighted by molar-refractivity contribution is 7.71. The molecule has 1 N–H and O–H groups in total. The standard InChI is InChI=1S/C15H14F3N3O2S/c16-15(17,18)11-5-7-21(8-6-11)13(22)10-3-1-9(2-4-10)12-19-20-14(24)23-12/h1-4,11H,5-8H2,(H,20,24). The molecule has 0 bridgehead atoms. The van der Waals surface area contributed by atoms with Crippen molar-refractivity contribution in [2.45, 2.75) is 19.0 Å².